The quantitative estimate of drug-likeness (QED) is 0.655. The molecule has 0 saturated carbocycles. The fourth-order valence-corrected chi connectivity index (χ4v) is 3.83. The lowest BCUT2D eigenvalue weighted by molar-refractivity contribution is 0.0368. The van der Waals surface area contributed by atoms with Crippen LogP contribution in [0.15, 0.2) is 18.2 Å². The number of nitrogens with zero attached hydrogens (tertiary/aromatic N) is 2. The molecule has 1 heterocycles. The molecule has 1 aliphatic heterocycles. The molecule has 1 fully saturated rings. The van der Waals surface area contributed by atoms with E-state index in [0.717, 1.165) is 41.7 Å². The summed E-state index contributed by atoms with van der Waals surface area (Å²) in [5, 5.41) is 0. The largest absolute Gasteiger partial charge is 0.449 e. The van der Waals surface area contributed by atoms with Crippen molar-refractivity contribution >= 4 is 23.8 Å². The van der Waals surface area contributed by atoms with Gasteiger partial charge in [-0.05, 0) is 55.9 Å². The molecule has 1 aliphatic rings. The van der Waals surface area contributed by atoms with E-state index in [1.165, 1.54) is 0 Å². The number of aryl methyl sites for hydroxylation is 1. The monoisotopic (exact) mass is 392 g/mol. The first-order valence-corrected chi connectivity index (χ1v) is 11.2. The molecule has 2 rings (SSSR count). The topological polar surface area (TPSA) is 49.9 Å². The van der Waals surface area contributed by atoms with Crippen LogP contribution >= 0.6 is 11.8 Å². The molecule has 0 aliphatic carbocycles. The molecule has 0 spiro atoms. The Labute approximate surface area is 167 Å². The van der Waals surface area contributed by atoms with Gasteiger partial charge in [0.25, 0.3) is 5.91 Å². The molecule has 27 heavy (non-hydrogen) atoms. The highest BCUT2D eigenvalue weighted by molar-refractivity contribution is 7.98. The molecule has 5 nitrogen and oxygen atoms in total. The summed E-state index contributed by atoms with van der Waals surface area (Å²) in [7, 11) is 0. The summed E-state index contributed by atoms with van der Waals surface area (Å²) >= 11 is 1.76. The molecule has 6 heteroatoms. The van der Waals surface area contributed by atoms with Gasteiger partial charge in [0.1, 0.15) is 0 Å². The maximum Gasteiger partial charge on any atom is 0.410 e. The summed E-state index contributed by atoms with van der Waals surface area (Å²) in [6.07, 6.45) is 4.56. The van der Waals surface area contributed by atoms with Crippen LogP contribution < -0.4 is 0 Å². The van der Waals surface area contributed by atoms with Crippen molar-refractivity contribution in [2.75, 3.05) is 38.2 Å². The molecule has 1 aromatic carbocycles. The van der Waals surface area contributed by atoms with Gasteiger partial charge in [-0.15, -0.1) is 0 Å². The first kappa shape index (κ1) is 21.6. The first-order valence-electron chi connectivity index (χ1n) is 9.77. The van der Waals surface area contributed by atoms with E-state index in [0.29, 0.717) is 26.2 Å². The zero-order valence-corrected chi connectivity index (χ0v) is 17.8. The van der Waals surface area contributed by atoms with Crippen LogP contribution in [-0.2, 0) is 4.74 Å². The molecular formula is C21H32N2O3S. The van der Waals surface area contributed by atoms with Crippen molar-refractivity contribution in [3.8, 4) is 0 Å². The Morgan fingerprint density at radius 1 is 1.26 bits per heavy atom. The van der Waals surface area contributed by atoms with E-state index in [1.54, 1.807) is 11.8 Å². The molecule has 0 radical (unpaired) electrons. The maximum atomic E-state index is 13.1. The zero-order chi connectivity index (χ0) is 19.8. The average Bonchev–Trinajstić information content (AvgIpc) is 2.67. The van der Waals surface area contributed by atoms with Gasteiger partial charge in [0.05, 0.1) is 12.6 Å². The van der Waals surface area contributed by atoms with Crippen LogP contribution in [0.25, 0.3) is 0 Å². The number of hydrogen-bond donors (Lipinski definition) is 0. The molecule has 150 valence electrons. The Balaban J connectivity index is 2.08. The molecule has 1 saturated heterocycles. The van der Waals surface area contributed by atoms with E-state index in [4.69, 9.17) is 4.74 Å². The predicted octanol–water partition coefficient (Wildman–Crippen LogP) is 4.12. The van der Waals surface area contributed by atoms with Gasteiger partial charge in [-0.1, -0.05) is 25.5 Å². The van der Waals surface area contributed by atoms with E-state index in [9.17, 15) is 9.59 Å². The zero-order valence-electron chi connectivity index (χ0n) is 17.0. The second kappa shape index (κ2) is 10.6. The molecule has 2 amide bonds. The van der Waals surface area contributed by atoms with Crippen LogP contribution in [0.3, 0.4) is 0 Å². The highest BCUT2D eigenvalue weighted by atomic mass is 32.2. The predicted molar refractivity (Wildman–Crippen MR) is 112 cm³/mol. The summed E-state index contributed by atoms with van der Waals surface area (Å²) in [5.41, 5.74) is 2.92. The maximum absolute atomic E-state index is 13.1. The summed E-state index contributed by atoms with van der Waals surface area (Å²) in [5.74, 6) is 1.01. The number of piperazine rings is 1. The molecule has 0 bridgehead atoms. The Kier molecular flexibility index (Phi) is 8.48. The normalized spacial score (nSPS) is 17.1. The van der Waals surface area contributed by atoms with E-state index >= 15 is 0 Å². The molecule has 0 unspecified atom stereocenters. The van der Waals surface area contributed by atoms with Gasteiger partial charge in [0.15, 0.2) is 0 Å². The van der Waals surface area contributed by atoms with Crippen LogP contribution in [0.2, 0.25) is 0 Å². The second-order valence-corrected chi connectivity index (χ2v) is 8.08. The number of carbonyl (C=O) groups excluding carboxylic acids is 2. The molecule has 0 aromatic heterocycles. The van der Waals surface area contributed by atoms with Crippen molar-refractivity contribution in [1.82, 2.24) is 9.80 Å². The summed E-state index contributed by atoms with van der Waals surface area (Å²) in [6, 6.07) is 5.86. The number of carbonyl (C=O) groups is 2. The minimum absolute atomic E-state index is 0.00870. The molecule has 0 N–H and O–H groups in total. The number of benzene rings is 1. The first-order chi connectivity index (χ1) is 13.0. The minimum atomic E-state index is -0.242. The third kappa shape index (κ3) is 5.64. The fourth-order valence-electron chi connectivity index (χ4n) is 3.32. The second-order valence-electron chi connectivity index (χ2n) is 7.10. The number of hydrogen-bond acceptors (Lipinski definition) is 4. The van der Waals surface area contributed by atoms with Crippen LogP contribution in [0.5, 0.6) is 0 Å². The summed E-state index contributed by atoms with van der Waals surface area (Å²) in [4.78, 5) is 29.3. The fraction of sp³-hybridized carbons (Fsp3) is 0.619. The van der Waals surface area contributed by atoms with Gasteiger partial charge < -0.3 is 14.5 Å². The molecular weight excluding hydrogens is 360 g/mol. The SMILES string of the molecule is CCCCOC(=O)N1CCN(C(=O)c2cccc(C)c2C)C[C@@H]1CCSC. The molecule has 1 aromatic rings. The van der Waals surface area contributed by atoms with Gasteiger partial charge in [0.2, 0.25) is 0 Å². The van der Waals surface area contributed by atoms with Gasteiger partial charge in [0, 0.05) is 25.2 Å². The van der Waals surface area contributed by atoms with E-state index in [1.807, 2.05) is 41.8 Å². The smallest absolute Gasteiger partial charge is 0.410 e. The highest BCUT2D eigenvalue weighted by Gasteiger charge is 2.33. The van der Waals surface area contributed by atoms with Crippen molar-refractivity contribution in [1.29, 1.82) is 0 Å². The van der Waals surface area contributed by atoms with Gasteiger partial charge in [-0.3, -0.25) is 4.79 Å². The lowest BCUT2D eigenvalue weighted by Crippen LogP contribution is -2.57. The van der Waals surface area contributed by atoms with Crippen molar-refractivity contribution < 1.29 is 14.3 Å². The van der Waals surface area contributed by atoms with Crippen molar-refractivity contribution in [3.63, 3.8) is 0 Å². The van der Waals surface area contributed by atoms with Gasteiger partial charge >= 0.3 is 6.09 Å². The van der Waals surface area contributed by atoms with Crippen LogP contribution in [-0.4, -0.2) is 66.1 Å². The summed E-state index contributed by atoms with van der Waals surface area (Å²) in [6.45, 7) is 8.20. The number of unbranched alkanes of at least 4 members (excludes halogenated alkanes) is 1. The summed E-state index contributed by atoms with van der Waals surface area (Å²) < 4.78 is 5.42. The van der Waals surface area contributed by atoms with Gasteiger partial charge in [-0.2, -0.15) is 11.8 Å². The number of amides is 2. The Bertz CT molecular complexity index is 650. The number of rotatable bonds is 7. The Morgan fingerprint density at radius 3 is 2.74 bits per heavy atom. The van der Waals surface area contributed by atoms with Gasteiger partial charge in [-0.25, -0.2) is 4.79 Å². The third-order valence-corrected chi connectivity index (χ3v) is 5.86. The minimum Gasteiger partial charge on any atom is -0.449 e. The van der Waals surface area contributed by atoms with Crippen LogP contribution in [0.4, 0.5) is 4.79 Å². The van der Waals surface area contributed by atoms with Crippen molar-refractivity contribution in [2.24, 2.45) is 0 Å². The highest BCUT2D eigenvalue weighted by Crippen LogP contribution is 2.21. The standard InChI is InChI=1S/C21H32N2O3S/c1-5-6-13-26-21(25)23-12-11-22(15-18(23)10-14-27-4)20(24)19-9-7-8-16(2)17(19)3/h7-9,18H,5-6,10-15H2,1-4H3/t18-/m0/s1. The number of thioether (sulfide) groups is 1. The van der Waals surface area contributed by atoms with E-state index < -0.39 is 0 Å². The molecule has 1 atom stereocenters. The van der Waals surface area contributed by atoms with Crippen LogP contribution in [0, 0.1) is 13.8 Å². The van der Waals surface area contributed by atoms with E-state index in [2.05, 4.69) is 13.2 Å². The van der Waals surface area contributed by atoms with Crippen molar-refractivity contribution in [2.45, 2.75) is 46.1 Å². The Morgan fingerprint density at radius 2 is 2.04 bits per heavy atom. The van der Waals surface area contributed by atoms with E-state index in [-0.39, 0.29) is 18.0 Å². The lowest BCUT2D eigenvalue weighted by Gasteiger charge is -2.41. The lowest BCUT2D eigenvalue weighted by atomic mass is 10.0. The van der Waals surface area contributed by atoms with Crippen molar-refractivity contribution in [3.05, 3.63) is 34.9 Å². The Hall–Kier alpha value is -1.69. The van der Waals surface area contributed by atoms with Crippen LogP contribution in [0.1, 0.15) is 47.7 Å². The average molecular weight is 393 g/mol. The third-order valence-electron chi connectivity index (χ3n) is 5.22. The number of ether oxygens (including phenoxy) is 1.